The molecule has 3 aromatic rings. The van der Waals surface area contributed by atoms with E-state index in [0.29, 0.717) is 5.95 Å². The van der Waals surface area contributed by atoms with Crippen LogP contribution in [-0.4, -0.2) is 21.9 Å². The van der Waals surface area contributed by atoms with Crippen LogP contribution >= 0.6 is 0 Å². The summed E-state index contributed by atoms with van der Waals surface area (Å²) < 4.78 is 0. The van der Waals surface area contributed by atoms with Gasteiger partial charge in [0, 0.05) is 10.9 Å². The van der Waals surface area contributed by atoms with E-state index >= 15 is 0 Å². The summed E-state index contributed by atoms with van der Waals surface area (Å²) in [6, 6.07) is 17.3. The Bertz CT molecular complexity index is 879. The van der Waals surface area contributed by atoms with E-state index in [9.17, 15) is 4.79 Å². The predicted molar refractivity (Wildman–Crippen MR) is 101 cm³/mol. The van der Waals surface area contributed by atoms with Gasteiger partial charge in [-0.15, -0.1) is 0 Å². The summed E-state index contributed by atoms with van der Waals surface area (Å²) in [5.74, 6) is 0.113. The van der Waals surface area contributed by atoms with Crippen molar-refractivity contribution in [2.75, 3.05) is 5.32 Å². The summed E-state index contributed by atoms with van der Waals surface area (Å²) in [6.45, 7) is 4.01. The molecule has 128 valence electrons. The molecular formula is C20H22N4O. The zero-order valence-electron chi connectivity index (χ0n) is 14.4. The summed E-state index contributed by atoms with van der Waals surface area (Å²) >= 11 is 0. The molecule has 0 radical (unpaired) electrons. The van der Waals surface area contributed by atoms with Crippen LogP contribution in [0.1, 0.15) is 20.3 Å². The van der Waals surface area contributed by atoms with Crippen molar-refractivity contribution in [1.29, 1.82) is 0 Å². The Labute approximate surface area is 147 Å². The van der Waals surface area contributed by atoms with Gasteiger partial charge in [-0.2, -0.15) is 0 Å². The Hall–Kier alpha value is -2.95. The van der Waals surface area contributed by atoms with Crippen LogP contribution in [-0.2, 0) is 4.79 Å². The molecule has 0 fully saturated rings. The van der Waals surface area contributed by atoms with Crippen LogP contribution in [0.5, 0.6) is 0 Å². The lowest BCUT2D eigenvalue weighted by molar-refractivity contribution is -0.119. The smallest absolute Gasteiger partial charge is 0.240 e. The second-order valence-electron chi connectivity index (χ2n) is 6.19. The summed E-state index contributed by atoms with van der Waals surface area (Å²) in [6.07, 6.45) is 0.833. The minimum atomic E-state index is -0.505. The van der Waals surface area contributed by atoms with Crippen LogP contribution in [0.15, 0.2) is 54.6 Å². The topological polar surface area (TPSA) is 80.9 Å². The number of hydrogen-bond donors (Lipinski definition) is 2. The molecular weight excluding hydrogens is 312 g/mol. The number of benzene rings is 2. The average molecular weight is 334 g/mol. The fraction of sp³-hybridized carbons (Fsp3) is 0.250. The van der Waals surface area contributed by atoms with Gasteiger partial charge >= 0.3 is 0 Å². The molecule has 3 rings (SSSR count). The Kier molecular flexibility index (Phi) is 4.93. The Balaban J connectivity index is 2.09. The Morgan fingerprint density at radius 1 is 1.08 bits per heavy atom. The van der Waals surface area contributed by atoms with Gasteiger partial charge in [-0.1, -0.05) is 68.8 Å². The van der Waals surface area contributed by atoms with Gasteiger partial charge in [0.05, 0.1) is 11.2 Å². The molecule has 5 nitrogen and oxygen atoms in total. The Morgan fingerprint density at radius 3 is 2.44 bits per heavy atom. The van der Waals surface area contributed by atoms with Gasteiger partial charge in [0.1, 0.15) is 6.04 Å². The summed E-state index contributed by atoms with van der Waals surface area (Å²) in [5, 5.41) is 4.11. The summed E-state index contributed by atoms with van der Waals surface area (Å²) in [5.41, 5.74) is 8.23. The fourth-order valence-corrected chi connectivity index (χ4v) is 2.83. The number of hydrogen-bond acceptors (Lipinski definition) is 4. The molecule has 2 aromatic carbocycles. The third-order valence-corrected chi connectivity index (χ3v) is 4.45. The number of anilines is 1. The standard InChI is InChI=1S/C20H22N4O/c1-3-13(2)17(19(21)25)23-20-22-16-12-8-7-11-15(16)18(24-20)14-9-5-4-6-10-14/h4-13,17H,3H2,1-2H3,(H2,21,25)(H,22,23,24). The molecule has 0 saturated carbocycles. The van der Waals surface area contributed by atoms with E-state index < -0.39 is 11.9 Å². The lowest BCUT2D eigenvalue weighted by Gasteiger charge is -2.21. The summed E-state index contributed by atoms with van der Waals surface area (Å²) in [7, 11) is 0. The molecule has 1 heterocycles. The van der Waals surface area contributed by atoms with Gasteiger partial charge in [0.15, 0.2) is 0 Å². The normalized spacial score (nSPS) is 13.4. The third kappa shape index (κ3) is 3.60. The zero-order valence-corrected chi connectivity index (χ0v) is 14.4. The first-order valence-corrected chi connectivity index (χ1v) is 8.48. The number of para-hydroxylation sites is 1. The molecule has 3 N–H and O–H groups in total. The molecule has 5 heteroatoms. The minimum Gasteiger partial charge on any atom is -0.368 e. The second-order valence-corrected chi connectivity index (χ2v) is 6.19. The van der Waals surface area contributed by atoms with E-state index in [0.717, 1.165) is 28.6 Å². The van der Waals surface area contributed by atoms with Gasteiger partial charge in [-0.3, -0.25) is 4.79 Å². The van der Waals surface area contributed by atoms with Crippen molar-refractivity contribution < 1.29 is 4.79 Å². The lowest BCUT2D eigenvalue weighted by Crippen LogP contribution is -2.40. The number of rotatable bonds is 6. The highest BCUT2D eigenvalue weighted by molar-refractivity contribution is 5.93. The Morgan fingerprint density at radius 2 is 1.76 bits per heavy atom. The monoisotopic (exact) mass is 334 g/mol. The number of fused-ring (bicyclic) bond motifs is 1. The van der Waals surface area contributed by atoms with Crippen LogP contribution < -0.4 is 11.1 Å². The van der Waals surface area contributed by atoms with Crippen LogP contribution in [0.2, 0.25) is 0 Å². The lowest BCUT2D eigenvalue weighted by atomic mass is 9.99. The first-order chi connectivity index (χ1) is 12.1. The SMILES string of the molecule is CCC(C)C(Nc1nc(-c2ccccc2)c2ccccc2n1)C(N)=O. The molecule has 25 heavy (non-hydrogen) atoms. The van der Waals surface area contributed by atoms with Gasteiger partial charge in [0.25, 0.3) is 0 Å². The fourth-order valence-electron chi connectivity index (χ4n) is 2.83. The number of nitrogens with two attached hydrogens (primary N) is 1. The molecule has 2 atom stereocenters. The van der Waals surface area contributed by atoms with Crippen molar-refractivity contribution in [3.05, 3.63) is 54.6 Å². The quantitative estimate of drug-likeness (QED) is 0.721. The van der Waals surface area contributed by atoms with Crippen molar-refractivity contribution in [2.45, 2.75) is 26.3 Å². The van der Waals surface area contributed by atoms with E-state index in [1.165, 1.54) is 0 Å². The molecule has 2 unspecified atom stereocenters. The highest BCUT2D eigenvalue weighted by atomic mass is 16.1. The maximum atomic E-state index is 11.8. The van der Waals surface area contributed by atoms with Crippen LogP contribution in [0.3, 0.4) is 0 Å². The van der Waals surface area contributed by atoms with Crippen LogP contribution in [0.25, 0.3) is 22.2 Å². The van der Waals surface area contributed by atoms with E-state index in [2.05, 4.69) is 15.3 Å². The number of carbonyl (C=O) groups excluding carboxylic acids is 1. The van der Waals surface area contributed by atoms with Crippen molar-refractivity contribution in [2.24, 2.45) is 11.7 Å². The van der Waals surface area contributed by atoms with Gasteiger partial charge in [-0.25, -0.2) is 9.97 Å². The molecule has 0 bridgehead atoms. The molecule has 0 saturated heterocycles. The van der Waals surface area contributed by atoms with E-state index in [4.69, 9.17) is 5.73 Å². The predicted octanol–water partition coefficient (Wildman–Crippen LogP) is 3.61. The minimum absolute atomic E-state index is 0.0905. The molecule has 1 amide bonds. The van der Waals surface area contributed by atoms with Crippen molar-refractivity contribution in [1.82, 2.24) is 9.97 Å². The summed E-state index contributed by atoms with van der Waals surface area (Å²) in [4.78, 5) is 21.1. The first kappa shape index (κ1) is 16.9. The number of nitrogens with zero attached hydrogens (tertiary/aromatic N) is 2. The van der Waals surface area contributed by atoms with Gasteiger partial charge < -0.3 is 11.1 Å². The number of aromatic nitrogens is 2. The maximum Gasteiger partial charge on any atom is 0.240 e. The average Bonchev–Trinajstić information content (AvgIpc) is 2.65. The third-order valence-electron chi connectivity index (χ3n) is 4.45. The number of amides is 1. The number of nitrogens with one attached hydrogen (secondary N) is 1. The molecule has 1 aromatic heterocycles. The largest absolute Gasteiger partial charge is 0.368 e. The molecule has 0 aliphatic carbocycles. The molecule has 0 spiro atoms. The first-order valence-electron chi connectivity index (χ1n) is 8.48. The molecule has 0 aliphatic heterocycles. The zero-order chi connectivity index (χ0) is 17.8. The van der Waals surface area contributed by atoms with E-state index in [1.54, 1.807) is 0 Å². The second kappa shape index (κ2) is 7.30. The van der Waals surface area contributed by atoms with Gasteiger partial charge in [0.2, 0.25) is 11.9 Å². The van der Waals surface area contributed by atoms with Gasteiger partial charge in [-0.05, 0) is 12.0 Å². The van der Waals surface area contributed by atoms with Crippen LogP contribution in [0, 0.1) is 5.92 Å². The maximum absolute atomic E-state index is 11.8. The van der Waals surface area contributed by atoms with Crippen molar-refractivity contribution in [3.8, 4) is 11.3 Å². The van der Waals surface area contributed by atoms with E-state index in [1.807, 2.05) is 68.4 Å². The highest BCUT2D eigenvalue weighted by Crippen LogP contribution is 2.27. The number of primary amides is 1. The van der Waals surface area contributed by atoms with E-state index in [-0.39, 0.29) is 5.92 Å². The molecule has 0 aliphatic rings. The van der Waals surface area contributed by atoms with Crippen LogP contribution in [0.4, 0.5) is 5.95 Å². The number of carbonyl (C=O) groups is 1. The highest BCUT2D eigenvalue weighted by Gasteiger charge is 2.23. The van der Waals surface area contributed by atoms with Crippen molar-refractivity contribution >= 4 is 22.8 Å². The van der Waals surface area contributed by atoms with Crippen molar-refractivity contribution in [3.63, 3.8) is 0 Å².